The second-order valence-electron chi connectivity index (χ2n) is 4.36. The maximum atomic E-state index is 6.19. The van der Waals surface area contributed by atoms with Crippen LogP contribution in [0.1, 0.15) is 12.8 Å². The highest BCUT2D eigenvalue weighted by molar-refractivity contribution is 9.10. The van der Waals surface area contributed by atoms with E-state index < -0.39 is 0 Å². The fourth-order valence-electron chi connectivity index (χ4n) is 1.66. The van der Waals surface area contributed by atoms with E-state index in [0.717, 1.165) is 29.2 Å². The molecule has 1 saturated carbocycles. The molecule has 1 aromatic rings. The average molecular weight is 319 g/mol. The Labute approximate surface area is 116 Å². The summed E-state index contributed by atoms with van der Waals surface area (Å²) >= 11 is 9.60. The number of hydrogen-bond donors (Lipinski definition) is 1. The number of halogens is 2. The number of alkyl halides is 1. The highest BCUT2D eigenvalue weighted by Crippen LogP contribution is 2.35. The second-order valence-corrected chi connectivity index (χ2v) is 5.84. The molecule has 0 bridgehead atoms. The molecule has 1 aliphatic rings. The number of benzene rings is 1. The van der Waals surface area contributed by atoms with Crippen molar-refractivity contribution in [3.8, 4) is 5.75 Å². The van der Waals surface area contributed by atoms with Crippen LogP contribution in [0.5, 0.6) is 5.75 Å². The summed E-state index contributed by atoms with van der Waals surface area (Å²) in [6, 6.07) is 7.88. The van der Waals surface area contributed by atoms with Gasteiger partial charge in [0.1, 0.15) is 12.4 Å². The predicted octanol–water partition coefficient (Wildman–Crippen LogP) is 3.43. The van der Waals surface area contributed by atoms with Crippen molar-refractivity contribution < 1.29 is 4.74 Å². The maximum absolute atomic E-state index is 6.19. The van der Waals surface area contributed by atoms with E-state index in [1.807, 2.05) is 24.3 Å². The molecule has 1 aromatic carbocycles. The van der Waals surface area contributed by atoms with E-state index >= 15 is 0 Å². The number of ether oxygens (including phenoxy) is 1. The van der Waals surface area contributed by atoms with Crippen molar-refractivity contribution in [2.24, 2.45) is 5.92 Å². The van der Waals surface area contributed by atoms with Crippen molar-refractivity contribution in [2.75, 3.05) is 19.7 Å². The van der Waals surface area contributed by atoms with Crippen LogP contribution in [0.4, 0.5) is 0 Å². The summed E-state index contributed by atoms with van der Waals surface area (Å²) < 4.78 is 6.65. The molecule has 0 radical (unpaired) electrons. The second kappa shape index (κ2) is 6.62. The third-order valence-electron chi connectivity index (χ3n) is 2.82. The lowest BCUT2D eigenvalue weighted by Crippen LogP contribution is -2.28. The smallest absolute Gasteiger partial charge is 0.120 e. The normalized spacial score (nSPS) is 16.8. The molecule has 0 spiro atoms. The number of rotatable bonds is 7. The molecule has 1 aliphatic carbocycles. The van der Waals surface area contributed by atoms with Gasteiger partial charge in [-0.15, -0.1) is 11.6 Å². The van der Waals surface area contributed by atoms with E-state index in [2.05, 4.69) is 21.2 Å². The van der Waals surface area contributed by atoms with E-state index in [1.165, 1.54) is 12.8 Å². The van der Waals surface area contributed by atoms with Gasteiger partial charge in [0, 0.05) is 22.9 Å². The average Bonchev–Trinajstić information content (AvgIpc) is 3.12. The molecule has 0 saturated heterocycles. The Hall–Kier alpha value is -0.250. The van der Waals surface area contributed by atoms with Gasteiger partial charge in [0.15, 0.2) is 0 Å². The van der Waals surface area contributed by atoms with Crippen molar-refractivity contribution >= 4 is 27.5 Å². The van der Waals surface area contributed by atoms with Crippen LogP contribution in [0.3, 0.4) is 0 Å². The molecule has 2 nitrogen and oxygen atoms in total. The first kappa shape index (κ1) is 13.2. The van der Waals surface area contributed by atoms with Crippen LogP contribution in [-0.4, -0.2) is 25.1 Å². The van der Waals surface area contributed by atoms with Crippen LogP contribution in [0.2, 0.25) is 0 Å². The van der Waals surface area contributed by atoms with Crippen molar-refractivity contribution in [1.82, 2.24) is 5.32 Å². The summed E-state index contributed by atoms with van der Waals surface area (Å²) in [5.74, 6) is 1.64. The van der Waals surface area contributed by atoms with Gasteiger partial charge in [-0.1, -0.05) is 22.0 Å². The van der Waals surface area contributed by atoms with Crippen molar-refractivity contribution in [3.05, 3.63) is 28.7 Å². The molecule has 1 N–H and O–H groups in total. The van der Waals surface area contributed by atoms with Gasteiger partial charge in [-0.2, -0.15) is 0 Å². The van der Waals surface area contributed by atoms with E-state index in [1.54, 1.807) is 0 Å². The Bertz CT molecular complexity index is 357. The van der Waals surface area contributed by atoms with E-state index in [9.17, 15) is 0 Å². The van der Waals surface area contributed by atoms with Gasteiger partial charge in [-0.05, 0) is 37.0 Å². The first-order chi connectivity index (χ1) is 8.25. The zero-order valence-corrected chi connectivity index (χ0v) is 12.0. The fourth-order valence-corrected chi connectivity index (χ4v) is 2.40. The van der Waals surface area contributed by atoms with Gasteiger partial charge in [0.2, 0.25) is 0 Å². The third-order valence-corrected chi connectivity index (χ3v) is 3.82. The lowest BCUT2D eigenvalue weighted by Gasteiger charge is -2.10. The minimum atomic E-state index is 0.292. The molecule has 1 atom stereocenters. The van der Waals surface area contributed by atoms with Crippen LogP contribution in [-0.2, 0) is 0 Å². The molecular weight excluding hydrogens is 302 g/mol. The molecule has 0 amide bonds. The lowest BCUT2D eigenvalue weighted by atomic mass is 10.3. The van der Waals surface area contributed by atoms with Crippen LogP contribution in [0.15, 0.2) is 28.7 Å². The first-order valence-electron chi connectivity index (χ1n) is 5.99. The van der Waals surface area contributed by atoms with Gasteiger partial charge in [-0.25, -0.2) is 0 Å². The minimum absolute atomic E-state index is 0.292. The number of hydrogen-bond acceptors (Lipinski definition) is 2. The lowest BCUT2D eigenvalue weighted by molar-refractivity contribution is 0.313. The van der Waals surface area contributed by atoms with Crippen molar-refractivity contribution in [3.63, 3.8) is 0 Å². The van der Waals surface area contributed by atoms with E-state index in [0.29, 0.717) is 12.0 Å². The molecule has 2 rings (SSSR count). The summed E-state index contributed by atoms with van der Waals surface area (Å²) in [7, 11) is 0. The minimum Gasteiger partial charge on any atom is -0.492 e. The first-order valence-corrected chi connectivity index (χ1v) is 7.22. The van der Waals surface area contributed by atoms with Crippen molar-refractivity contribution in [1.29, 1.82) is 0 Å². The van der Waals surface area contributed by atoms with Crippen molar-refractivity contribution in [2.45, 2.75) is 18.2 Å². The molecule has 0 heterocycles. The van der Waals surface area contributed by atoms with Gasteiger partial charge in [0.05, 0.1) is 0 Å². The Morgan fingerprint density at radius 2 is 2.29 bits per heavy atom. The summed E-state index contributed by atoms with van der Waals surface area (Å²) in [6.07, 6.45) is 2.59. The number of nitrogens with one attached hydrogen (secondary N) is 1. The van der Waals surface area contributed by atoms with Crippen LogP contribution in [0, 0.1) is 5.92 Å². The van der Waals surface area contributed by atoms with Crippen LogP contribution in [0.25, 0.3) is 0 Å². The van der Waals surface area contributed by atoms with E-state index in [4.69, 9.17) is 16.3 Å². The molecular formula is C13H17BrClNO. The summed E-state index contributed by atoms with van der Waals surface area (Å²) in [6.45, 7) is 2.39. The SMILES string of the molecule is ClC(CNCCOc1cccc(Br)c1)C1CC1. The summed E-state index contributed by atoms with van der Waals surface area (Å²) in [4.78, 5) is 0. The Morgan fingerprint density at radius 3 is 3.00 bits per heavy atom. The summed E-state index contributed by atoms with van der Waals surface area (Å²) in [5.41, 5.74) is 0. The zero-order valence-electron chi connectivity index (χ0n) is 9.66. The fraction of sp³-hybridized carbons (Fsp3) is 0.538. The monoisotopic (exact) mass is 317 g/mol. The van der Waals surface area contributed by atoms with Gasteiger partial charge >= 0.3 is 0 Å². The third kappa shape index (κ3) is 4.86. The molecule has 0 aromatic heterocycles. The molecule has 0 aliphatic heterocycles. The standard InChI is InChI=1S/C13H17BrClNO/c14-11-2-1-3-12(8-11)17-7-6-16-9-13(15)10-4-5-10/h1-3,8,10,13,16H,4-7,9H2. The quantitative estimate of drug-likeness (QED) is 0.614. The Kier molecular flexibility index (Phi) is 5.14. The predicted molar refractivity (Wildman–Crippen MR) is 74.9 cm³/mol. The maximum Gasteiger partial charge on any atom is 0.120 e. The van der Waals surface area contributed by atoms with Gasteiger partial charge in [-0.3, -0.25) is 0 Å². The van der Waals surface area contributed by atoms with E-state index in [-0.39, 0.29) is 0 Å². The zero-order chi connectivity index (χ0) is 12.1. The van der Waals surface area contributed by atoms with Gasteiger partial charge < -0.3 is 10.1 Å². The Balaban J connectivity index is 1.56. The molecule has 1 unspecified atom stereocenters. The largest absolute Gasteiger partial charge is 0.492 e. The van der Waals surface area contributed by atoms with Crippen LogP contribution >= 0.6 is 27.5 Å². The summed E-state index contributed by atoms with van der Waals surface area (Å²) in [5, 5.41) is 3.62. The van der Waals surface area contributed by atoms with Gasteiger partial charge in [0.25, 0.3) is 0 Å². The molecule has 4 heteroatoms. The molecule has 1 fully saturated rings. The highest BCUT2D eigenvalue weighted by atomic mass is 79.9. The molecule has 17 heavy (non-hydrogen) atoms. The van der Waals surface area contributed by atoms with Crippen LogP contribution < -0.4 is 10.1 Å². The molecule has 94 valence electrons. The Morgan fingerprint density at radius 1 is 1.47 bits per heavy atom. The highest BCUT2D eigenvalue weighted by Gasteiger charge is 2.28. The topological polar surface area (TPSA) is 21.3 Å².